The Morgan fingerprint density at radius 2 is 1.82 bits per heavy atom. The Balaban J connectivity index is 1.95. The molecule has 0 saturated heterocycles. The van der Waals surface area contributed by atoms with Gasteiger partial charge in [-0.05, 0) is 18.3 Å². The van der Waals surface area contributed by atoms with Crippen LogP contribution in [-0.4, -0.2) is 11.1 Å². The summed E-state index contributed by atoms with van der Waals surface area (Å²) in [7, 11) is 0. The number of carbonyl (C=O) groups is 1. The maximum atomic E-state index is 10.4. The van der Waals surface area contributed by atoms with Crippen molar-refractivity contribution in [1.82, 2.24) is 0 Å². The zero-order valence-electron chi connectivity index (χ0n) is 11.3. The molecule has 1 aliphatic carbocycles. The number of carboxylic acid groups (broad SMARTS) is 1. The molecule has 0 heterocycles. The zero-order chi connectivity index (χ0) is 12.5. The van der Waals surface area contributed by atoms with Crippen LogP contribution in [0, 0.1) is 11.8 Å². The molecule has 0 aromatic rings. The Morgan fingerprint density at radius 3 is 2.47 bits per heavy atom. The lowest BCUT2D eigenvalue weighted by atomic mass is 9.84. The lowest BCUT2D eigenvalue weighted by molar-refractivity contribution is -0.137. The summed E-state index contributed by atoms with van der Waals surface area (Å²) >= 11 is 0. The minimum Gasteiger partial charge on any atom is -0.481 e. The number of aliphatic carboxylic acids is 1. The first-order valence-corrected chi connectivity index (χ1v) is 7.40. The molecule has 2 nitrogen and oxygen atoms in total. The Morgan fingerprint density at radius 1 is 1.18 bits per heavy atom. The predicted molar refractivity (Wildman–Crippen MR) is 71.1 cm³/mol. The van der Waals surface area contributed by atoms with E-state index in [1.807, 2.05) is 0 Å². The average Bonchev–Trinajstić information content (AvgIpc) is 2.30. The summed E-state index contributed by atoms with van der Waals surface area (Å²) in [5, 5.41) is 8.57. The van der Waals surface area contributed by atoms with Gasteiger partial charge in [0.05, 0.1) is 0 Å². The van der Waals surface area contributed by atoms with Gasteiger partial charge in [0.25, 0.3) is 0 Å². The van der Waals surface area contributed by atoms with Crippen molar-refractivity contribution in [3.8, 4) is 0 Å². The van der Waals surface area contributed by atoms with E-state index < -0.39 is 5.97 Å². The van der Waals surface area contributed by atoms with E-state index in [1.165, 1.54) is 51.4 Å². The molecule has 1 rings (SSSR count). The monoisotopic (exact) mass is 240 g/mol. The molecule has 2 heteroatoms. The lowest BCUT2D eigenvalue weighted by Gasteiger charge is -2.22. The van der Waals surface area contributed by atoms with Gasteiger partial charge in [0.15, 0.2) is 0 Å². The molecule has 1 fully saturated rings. The van der Waals surface area contributed by atoms with Crippen LogP contribution >= 0.6 is 0 Å². The molecule has 1 atom stereocenters. The van der Waals surface area contributed by atoms with E-state index in [4.69, 9.17) is 5.11 Å². The second-order valence-electron chi connectivity index (χ2n) is 5.83. The maximum absolute atomic E-state index is 10.4. The molecule has 1 N–H and O–H groups in total. The predicted octanol–water partition coefficient (Wildman–Crippen LogP) is 4.63. The molecule has 0 radical (unpaired) electrons. The normalized spacial score (nSPS) is 19.1. The first-order chi connectivity index (χ1) is 8.18. The van der Waals surface area contributed by atoms with Gasteiger partial charge in [-0.25, -0.2) is 0 Å². The Kier molecular flexibility index (Phi) is 7.30. The minimum atomic E-state index is -0.653. The van der Waals surface area contributed by atoms with Crippen molar-refractivity contribution >= 4 is 5.97 Å². The summed E-state index contributed by atoms with van der Waals surface area (Å²) in [6.45, 7) is 2.27. The topological polar surface area (TPSA) is 37.3 Å². The van der Waals surface area contributed by atoms with E-state index >= 15 is 0 Å². The highest BCUT2D eigenvalue weighted by atomic mass is 16.4. The molecule has 17 heavy (non-hydrogen) atoms. The highest BCUT2D eigenvalue weighted by molar-refractivity contribution is 5.66. The van der Waals surface area contributed by atoms with Crippen LogP contribution in [0.15, 0.2) is 0 Å². The molecule has 0 amide bonds. The Hall–Kier alpha value is -0.530. The quantitative estimate of drug-likeness (QED) is 0.671. The largest absolute Gasteiger partial charge is 0.481 e. The smallest absolute Gasteiger partial charge is 0.303 e. The third-order valence-corrected chi connectivity index (χ3v) is 4.12. The second-order valence-corrected chi connectivity index (χ2v) is 5.83. The van der Waals surface area contributed by atoms with Crippen molar-refractivity contribution in [2.45, 2.75) is 77.6 Å². The SMILES string of the molecule is CC(CCCC(=O)O)CCCC1CCCCC1. The van der Waals surface area contributed by atoms with Crippen molar-refractivity contribution in [2.75, 3.05) is 0 Å². The van der Waals surface area contributed by atoms with E-state index in [2.05, 4.69) is 6.92 Å². The van der Waals surface area contributed by atoms with Gasteiger partial charge in [0.2, 0.25) is 0 Å². The molecule has 0 spiro atoms. The first-order valence-electron chi connectivity index (χ1n) is 7.40. The molecule has 0 aromatic carbocycles. The number of hydrogen-bond donors (Lipinski definition) is 1. The van der Waals surface area contributed by atoms with Gasteiger partial charge in [-0.15, -0.1) is 0 Å². The van der Waals surface area contributed by atoms with E-state index in [9.17, 15) is 4.79 Å². The summed E-state index contributed by atoms with van der Waals surface area (Å²) in [5.74, 6) is 1.05. The second kappa shape index (κ2) is 8.54. The summed E-state index contributed by atoms with van der Waals surface area (Å²) in [6.07, 6.45) is 13.5. The van der Waals surface area contributed by atoms with Crippen LogP contribution in [0.1, 0.15) is 77.6 Å². The first kappa shape index (κ1) is 14.5. The molecule has 1 saturated carbocycles. The highest BCUT2D eigenvalue weighted by Gasteiger charge is 2.13. The molecular formula is C15H28O2. The van der Waals surface area contributed by atoms with Crippen LogP contribution < -0.4 is 0 Å². The number of carboxylic acids is 1. The Bertz CT molecular complexity index is 207. The van der Waals surface area contributed by atoms with E-state index in [-0.39, 0.29) is 0 Å². The minimum absolute atomic E-state index is 0.340. The standard InChI is InChI=1S/C15H28O2/c1-13(8-6-12-15(16)17)7-5-11-14-9-3-2-4-10-14/h13-14H,2-12H2,1H3,(H,16,17). The van der Waals surface area contributed by atoms with E-state index in [1.54, 1.807) is 0 Å². The van der Waals surface area contributed by atoms with E-state index in [0.717, 1.165) is 18.8 Å². The molecule has 0 aromatic heterocycles. The lowest BCUT2D eigenvalue weighted by Crippen LogP contribution is -2.07. The van der Waals surface area contributed by atoms with Gasteiger partial charge in [-0.1, -0.05) is 64.7 Å². The third-order valence-electron chi connectivity index (χ3n) is 4.12. The van der Waals surface area contributed by atoms with Crippen molar-refractivity contribution in [3.63, 3.8) is 0 Å². The zero-order valence-corrected chi connectivity index (χ0v) is 11.3. The van der Waals surface area contributed by atoms with Crippen LogP contribution in [0.25, 0.3) is 0 Å². The third kappa shape index (κ3) is 7.40. The van der Waals surface area contributed by atoms with Crippen LogP contribution in [0.2, 0.25) is 0 Å². The van der Waals surface area contributed by atoms with E-state index in [0.29, 0.717) is 12.3 Å². The van der Waals surface area contributed by atoms with Crippen LogP contribution in [0.5, 0.6) is 0 Å². The van der Waals surface area contributed by atoms with Gasteiger partial charge in [-0.3, -0.25) is 4.79 Å². The molecule has 0 bridgehead atoms. The fourth-order valence-corrected chi connectivity index (χ4v) is 2.98. The highest BCUT2D eigenvalue weighted by Crippen LogP contribution is 2.28. The number of rotatable bonds is 8. The van der Waals surface area contributed by atoms with Gasteiger partial charge in [0.1, 0.15) is 0 Å². The van der Waals surface area contributed by atoms with Gasteiger partial charge in [-0.2, -0.15) is 0 Å². The van der Waals surface area contributed by atoms with Gasteiger partial charge < -0.3 is 5.11 Å². The fourth-order valence-electron chi connectivity index (χ4n) is 2.98. The molecular weight excluding hydrogens is 212 g/mol. The van der Waals surface area contributed by atoms with Gasteiger partial charge in [0, 0.05) is 6.42 Å². The Labute approximate surface area is 106 Å². The van der Waals surface area contributed by atoms with Crippen molar-refractivity contribution in [3.05, 3.63) is 0 Å². The molecule has 0 aliphatic heterocycles. The maximum Gasteiger partial charge on any atom is 0.303 e. The fraction of sp³-hybridized carbons (Fsp3) is 0.933. The summed E-state index contributed by atoms with van der Waals surface area (Å²) < 4.78 is 0. The van der Waals surface area contributed by atoms with Crippen molar-refractivity contribution < 1.29 is 9.90 Å². The van der Waals surface area contributed by atoms with Crippen LogP contribution in [-0.2, 0) is 4.79 Å². The van der Waals surface area contributed by atoms with Crippen molar-refractivity contribution in [2.24, 2.45) is 11.8 Å². The molecule has 100 valence electrons. The molecule has 1 unspecified atom stereocenters. The average molecular weight is 240 g/mol. The van der Waals surface area contributed by atoms with Crippen molar-refractivity contribution in [1.29, 1.82) is 0 Å². The van der Waals surface area contributed by atoms with Gasteiger partial charge >= 0.3 is 5.97 Å². The summed E-state index contributed by atoms with van der Waals surface area (Å²) in [4.78, 5) is 10.4. The van der Waals surface area contributed by atoms with Crippen LogP contribution in [0.4, 0.5) is 0 Å². The summed E-state index contributed by atoms with van der Waals surface area (Å²) in [6, 6.07) is 0. The molecule has 1 aliphatic rings. The number of hydrogen-bond acceptors (Lipinski definition) is 1. The summed E-state index contributed by atoms with van der Waals surface area (Å²) in [5.41, 5.74) is 0. The van der Waals surface area contributed by atoms with Crippen LogP contribution in [0.3, 0.4) is 0 Å².